The predicted molar refractivity (Wildman–Crippen MR) is 68.4 cm³/mol. The van der Waals surface area contributed by atoms with Crippen molar-refractivity contribution in [1.29, 1.82) is 0 Å². The second-order valence-electron chi connectivity index (χ2n) is 5.55. The van der Waals surface area contributed by atoms with Gasteiger partial charge in [0.15, 0.2) is 0 Å². The Bertz CT molecular complexity index is 256. The van der Waals surface area contributed by atoms with Crippen LogP contribution in [0.4, 0.5) is 0 Å². The van der Waals surface area contributed by atoms with Gasteiger partial charge in [-0.1, -0.05) is 6.92 Å². The van der Waals surface area contributed by atoms with Crippen LogP contribution in [0.3, 0.4) is 0 Å². The third-order valence-corrected chi connectivity index (χ3v) is 3.84. The Hall–Kier alpha value is -0.610. The van der Waals surface area contributed by atoms with Crippen molar-refractivity contribution in [3.63, 3.8) is 0 Å². The summed E-state index contributed by atoms with van der Waals surface area (Å²) in [4.78, 5) is 13.9. The van der Waals surface area contributed by atoms with E-state index in [1.54, 1.807) is 11.8 Å². The second kappa shape index (κ2) is 6.36. The largest absolute Gasteiger partial charge is 0.393 e. The molecule has 4 unspecified atom stereocenters. The predicted octanol–water partition coefficient (Wildman–Crippen LogP) is 0.979. The zero-order chi connectivity index (χ0) is 13.0. The van der Waals surface area contributed by atoms with Crippen LogP contribution in [0, 0.1) is 11.8 Å². The molecule has 1 rings (SSSR count). The summed E-state index contributed by atoms with van der Waals surface area (Å²) in [6.45, 7) is 4.51. The highest BCUT2D eigenvalue weighted by Crippen LogP contribution is 2.29. The summed E-state index contributed by atoms with van der Waals surface area (Å²) in [5.41, 5.74) is 5.96. The van der Waals surface area contributed by atoms with Gasteiger partial charge in [-0.2, -0.15) is 0 Å². The molecule has 4 heteroatoms. The minimum Gasteiger partial charge on any atom is -0.393 e. The topological polar surface area (TPSA) is 66.6 Å². The normalized spacial score (nSPS) is 31.0. The number of nitrogens with zero attached hydrogens (tertiary/aromatic N) is 1. The molecule has 0 aromatic heterocycles. The van der Waals surface area contributed by atoms with Crippen LogP contribution in [0.2, 0.25) is 0 Å². The lowest BCUT2D eigenvalue weighted by atomic mass is 9.79. The maximum Gasteiger partial charge on any atom is 0.225 e. The smallest absolute Gasteiger partial charge is 0.225 e. The average molecular weight is 242 g/mol. The van der Waals surface area contributed by atoms with Crippen LogP contribution in [0.15, 0.2) is 0 Å². The summed E-state index contributed by atoms with van der Waals surface area (Å²) in [6.07, 6.45) is 3.05. The fourth-order valence-electron chi connectivity index (χ4n) is 2.45. The molecule has 0 aliphatic heterocycles. The van der Waals surface area contributed by atoms with Crippen molar-refractivity contribution >= 4 is 5.91 Å². The Labute approximate surface area is 104 Å². The third kappa shape index (κ3) is 4.28. The molecule has 0 bridgehead atoms. The molecule has 0 spiro atoms. The summed E-state index contributed by atoms with van der Waals surface area (Å²) in [5.74, 6) is 0.774. The molecule has 1 aliphatic carbocycles. The Kier molecular flexibility index (Phi) is 5.40. The van der Waals surface area contributed by atoms with E-state index in [1.807, 2.05) is 7.05 Å². The summed E-state index contributed by atoms with van der Waals surface area (Å²) in [6, 6.07) is 0.252. The number of hydrogen-bond acceptors (Lipinski definition) is 3. The molecular formula is C13H26N2O2. The van der Waals surface area contributed by atoms with Gasteiger partial charge >= 0.3 is 0 Å². The lowest BCUT2D eigenvalue weighted by Crippen LogP contribution is -2.41. The van der Waals surface area contributed by atoms with E-state index in [2.05, 4.69) is 6.92 Å². The Morgan fingerprint density at radius 3 is 2.71 bits per heavy atom. The van der Waals surface area contributed by atoms with E-state index in [-0.39, 0.29) is 24.0 Å². The van der Waals surface area contributed by atoms with Gasteiger partial charge in [0.1, 0.15) is 0 Å². The zero-order valence-electron chi connectivity index (χ0n) is 11.2. The number of rotatable bonds is 4. The minimum atomic E-state index is -0.344. The van der Waals surface area contributed by atoms with E-state index >= 15 is 0 Å². The van der Waals surface area contributed by atoms with Gasteiger partial charge < -0.3 is 15.7 Å². The number of amides is 1. The van der Waals surface area contributed by atoms with E-state index in [9.17, 15) is 9.90 Å². The van der Waals surface area contributed by atoms with E-state index < -0.39 is 0 Å². The first-order valence-electron chi connectivity index (χ1n) is 6.60. The van der Waals surface area contributed by atoms with Gasteiger partial charge in [0.2, 0.25) is 5.91 Å². The molecule has 1 amide bonds. The number of aliphatic hydroxyl groups excluding tert-OH is 1. The molecule has 4 nitrogen and oxygen atoms in total. The molecule has 3 N–H and O–H groups in total. The Morgan fingerprint density at radius 1 is 1.53 bits per heavy atom. The number of hydrogen-bond donors (Lipinski definition) is 2. The third-order valence-electron chi connectivity index (χ3n) is 3.84. The van der Waals surface area contributed by atoms with Crippen LogP contribution in [0.1, 0.15) is 39.5 Å². The van der Waals surface area contributed by atoms with Crippen molar-refractivity contribution in [3.8, 4) is 0 Å². The van der Waals surface area contributed by atoms with Crippen molar-refractivity contribution in [2.45, 2.75) is 51.7 Å². The van der Waals surface area contributed by atoms with Crippen molar-refractivity contribution in [2.75, 3.05) is 13.6 Å². The Morgan fingerprint density at radius 2 is 2.18 bits per heavy atom. The number of aliphatic hydroxyl groups is 1. The first-order chi connectivity index (χ1) is 7.91. The van der Waals surface area contributed by atoms with Gasteiger partial charge in [-0.3, -0.25) is 4.79 Å². The molecule has 100 valence electrons. The molecule has 1 aliphatic rings. The molecule has 4 atom stereocenters. The highest BCUT2D eigenvalue weighted by Gasteiger charge is 2.30. The first-order valence-corrected chi connectivity index (χ1v) is 6.60. The zero-order valence-corrected chi connectivity index (χ0v) is 11.2. The number of nitrogens with two attached hydrogens (primary N) is 1. The summed E-state index contributed by atoms with van der Waals surface area (Å²) in [5, 5.41) is 9.22. The van der Waals surface area contributed by atoms with Gasteiger partial charge in [0.05, 0.1) is 6.10 Å². The molecule has 1 saturated carbocycles. The molecule has 0 aromatic rings. The summed E-state index contributed by atoms with van der Waals surface area (Å²) in [7, 11) is 1.82. The molecular weight excluding hydrogens is 216 g/mol. The van der Waals surface area contributed by atoms with Gasteiger partial charge in [0, 0.05) is 25.6 Å². The van der Waals surface area contributed by atoms with Crippen LogP contribution < -0.4 is 5.73 Å². The van der Waals surface area contributed by atoms with Crippen LogP contribution >= 0.6 is 0 Å². The van der Waals surface area contributed by atoms with Crippen molar-refractivity contribution in [2.24, 2.45) is 17.6 Å². The molecule has 0 saturated heterocycles. The quantitative estimate of drug-likeness (QED) is 0.772. The second-order valence-corrected chi connectivity index (χ2v) is 5.55. The Balaban J connectivity index is 2.41. The van der Waals surface area contributed by atoms with E-state index in [0.29, 0.717) is 18.9 Å². The van der Waals surface area contributed by atoms with Crippen molar-refractivity contribution < 1.29 is 9.90 Å². The molecule has 0 heterocycles. The summed E-state index contributed by atoms with van der Waals surface area (Å²) >= 11 is 0. The van der Waals surface area contributed by atoms with Crippen molar-refractivity contribution in [1.82, 2.24) is 4.90 Å². The fourth-order valence-corrected chi connectivity index (χ4v) is 2.45. The monoisotopic (exact) mass is 242 g/mol. The molecule has 0 radical (unpaired) electrons. The highest BCUT2D eigenvalue weighted by molar-refractivity contribution is 5.78. The number of carbonyl (C=O) groups excluding carboxylic acids is 1. The van der Waals surface area contributed by atoms with Crippen LogP contribution in [0.5, 0.6) is 0 Å². The molecule has 17 heavy (non-hydrogen) atoms. The molecule has 0 aromatic carbocycles. The molecule has 1 fully saturated rings. The van der Waals surface area contributed by atoms with Gasteiger partial charge in [0.25, 0.3) is 0 Å². The standard InChI is InChI=1S/C13H26N2O2/c1-9-8-11(4-5-12(9)14)13(17)15(3)7-6-10(2)16/h9-12,16H,4-8,14H2,1-3H3. The minimum absolute atomic E-state index is 0.129. The maximum atomic E-state index is 12.2. The lowest BCUT2D eigenvalue weighted by molar-refractivity contribution is -0.136. The van der Waals surface area contributed by atoms with E-state index in [0.717, 1.165) is 19.3 Å². The summed E-state index contributed by atoms with van der Waals surface area (Å²) < 4.78 is 0. The van der Waals surface area contributed by atoms with Gasteiger partial charge in [-0.05, 0) is 38.5 Å². The van der Waals surface area contributed by atoms with Crippen molar-refractivity contribution in [3.05, 3.63) is 0 Å². The fraction of sp³-hybridized carbons (Fsp3) is 0.923. The number of carbonyl (C=O) groups is 1. The van der Waals surface area contributed by atoms with Crippen LogP contribution in [-0.2, 0) is 4.79 Å². The van der Waals surface area contributed by atoms with E-state index in [4.69, 9.17) is 5.73 Å². The van der Waals surface area contributed by atoms with Crippen LogP contribution in [-0.4, -0.2) is 41.7 Å². The van der Waals surface area contributed by atoms with Gasteiger partial charge in [-0.15, -0.1) is 0 Å². The van der Waals surface area contributed by atoms with Crippen LogP contribution in [0.25, 0.3) is 0 Å². The highest BCUT2D eigenvalue weighted by atomic mass is 16.3. The van der Waals surface area contributed by atoms with Gasteiger partial charge in [-0.25, -0.2) is 0 Å². The van der Waals surface area contributed by atoms with E-state index in [1.165, 1.54) is 0 Å². The first kappa shape index (κ1) is 14.5. The SMILES string of the molecule is CC(O)CCN(C)C(=O)C1CCC(N)C(C)C1. The maximum absolute atomic E-state index is 12.2. The lowest BCUT2D eigenvalue weighted by Gasteiger charge is -2.33. The average Bonchev–Trinajstić information content (AvgIpc) is 2.28.